The third kappa shape index (κ3) is 5.83. The Hall–Kier alpha value is -1.22. The zero-order valence-electron chi connectivity index (χ0n) is 12.3. The first-order chi connectivity index (χ1) is 9.54. The van der Waals surface area contributed by atoms with Gasteiger partial charge in [-0.25, -0.2) is 0 Å². The van der Waals surface area contributed by atoms with Crippen LogP contribution in [0.25, 0.3) is 0 Å². The van der Waals surface area contributed by atoms with Crippen molar-refractivity contribution in [3.05, 3.63) is 29.3 Å². The summed E-state index contributed by atoms with van der Waals surface area (Å²) in [6, 6.07) is 7.62. The molecule has 112 valence electrons. The average molecular weight is 298 g/mol. The molecule has 1 N–H and O–H groups in total. The molecule has 0 spiro atoms. The summed E-state index contributed by atoms with van der Waals surface area (Å²) < 4.78 is 0. The number of halogens is 1. The van der Waals surface area contributed by atoms with Gasteiger partial charge in [-0.3, -0.25) is 4.79 Å². The number of carbonyl (C=O) groups is 1. The van der Waals surface area contributed by atoms with Gasteiger partial charge in [0, 0.05) is 23.8 Å². The number of unbranched alkanes of at least 4 members (excludes halogenated alkanes) is 3. The first-order valence-electron chi connectivity index (χ1n) is 7.28. The summed E-state index contributed by atoms with van der Waals surface area (Å²) in [6.07, 6.45) is 4.67. The topological polar surface area (TPSA) is 40.5 Å². The molecule has 20 heavy (non-hydrogen) atoms. The van der Waals surface area contributed by atoms with E-state index in [0.717, 1.165) is 18.7 Å². The lowest BCUT2D eigenvalue weighted by Crippen LogP contribution is -2.32. The summed E-state index contributed by atoms with van der Waals surface area (Å²) in [5.74, 6) is -1.15. The molecule has 4 heteroatoms. The molecule has 0 aliphatic heterocycles. The fraction of sp³-hybridized carbons (Fsp3) is 0.562. The van der Waals surface area contributed by atoms with E-state index in [1.807, 2.05) is 24.3 Å². The van der Waals surface area contributed by atoms with Gasteiger partial charge in [0.25, 0.3) is 0 Å². The van der Waals surface area contributed by atoms with Crippen molar-refractivity contribution in [2.75, 3.05) is 18.0 Å². The summed E-state index contributed by atoms with van der Waals surface area (Å²) in [4.78, 5) is 13.2. The van der Waals surface area contributed by atoms with E-state index in [4.69, 9.17) is 16.7 Å². The van der Waals surface area contributed by atoms with Crippen molar-refractivity contribution in [1.29, 1.82) is 0 Å². The lowest BCUT2D eigenvalue weighted by atomic mass is 10.1. The third-order valence-electron chi connectivity index (χ3n) is 3.37. The number of nitrogens with zero attached hydrogens (tertiary/aromatic N) is 1. The van der Waals surface area contributed by atoms with E-state index in [2.05, 4.69) is 11.8 Å². The minimum atomic E-state index is -0.759. The molecular weight excluding hydrogens is 274 g/mol. The molecule has 0 aliphatic rings. The summed E-state index contributed by atoms with van der Waals surface area (Å²) in [6.45, 7) is 5.31. The maximum absolute atomic E-state index is 11.1. The zero-order chi connectivity index (χ0) is 15.0. The monoisotopic (exact) mass is 297 g/mol. The van der Waals surface area contributed by atoms with Crippen molar-refractivity contribution >= 4 is 23.3 Å². The van der Waals surface area contributed by atoms with Crippen LogP contribution in [0.4, 0.5) is 5.69 Å². The van der Waals surface area contributed by atoms with Crippen molar-refractivity contribution in [3.8, 4) is 0 Å². The Labute approximate surface area is 126 Å². The maximum atomic E-state index is 11.1. The number of carboxylic acids is 1. The van der Waals surface area contributed by atoms with Gasteiger partial charge in [-0.15, -0.1) is 0 Å². The van der Waals surface area contributed by atoms with Crippen LogP contribution in [-0.2, 0) is 4.79 Å². The minimum Gasteiger partial charge on any atom is -0.481 e. The lowest BCUT2D eigenvalue weighted by molar-refractivity contribution is -0.140. The van der Waals surface area contributed by atoms with Crippen molar-refractivity contribution in [2.45, 2.75) is 39.5 Å². The van der Waals surface area contributed by atoms with E-state index in [1.54, 1.807) is 6.92 Å². The SMILES string of the molecule is CCCCCCN(CC(C)C(=O)O)c1cccc(Cl)c1. The summed E-state index contributed by atoms with van der Waals surface area (Å²) in [7, 11) is 0. The van der Waals surface area contributed by atoms with Gasteiger partial charge in [0.15, 0.2) is 0 Å². The maximum Gasteiger partial charge on any atom is 0.308 e. The van der Waals surface area contributed by atoms with Gasteiger partial charge in [0.1, 0.15) is 0 Å². The van der Waals surface area contributed by atoms with Crippen LogP contribution >= 0.6 is 11.6 Å². The molecule has 0 saturated heterocycles. The molecule has 1 atom stereocenters. The Kier molecular flexibility index (Phi) is 7.45. The van der Waals surface area contributed by atoms with Gasteiger partial charge in [-0.05, 0) is 24.6 Å². The van der Waals surface area contributed by atoms with E-state index >= 15 is 0 Å². The van der Waals surface area contributed by atoms with Crippen LogP contribution in [0.15, 0.2) is 24.3 Å². The quantitative estimate of drug-likeness (QED) is 0.685. The second-order valence-electron chi connectivity index (χ2n) is 5.23. The Balaban J connectivity index is 2.70. The van der Waals surface area contributed by atoms with Gasteiger partial charge >= 0.3 is 5.97 Å². The molecule has 1 unspecified atom stereocenters. The summed E-state index contributed by atoms with van der Waals surface area (Å²) >= 11 is 6.03. The number of aliphatic carboxylic acids is 1. The second kappa shape index (κ2) is 8.85. The molecule has 0 fully saturated rings. The molecule has 0 bridgehead atoms. The van der Waals surface area contributed by atoms with Crippen molar-refractivity contribution < 1.29 is 9.90 Å². The molecule has 0 amide bonds. The van der Waals surface area contributed by atoms with Crippen molar-refractivity contribution in [3.63, 3.8) is 0 Å². The lowest BCUT2D eigenvalue weighted by Gasteiger charge is -2.27. The number of carboxylic acid groups (broad SMARTS) is 1. The van der Waals surface area contributed by atoms with Crippen LogP contribution in [0.1, 0.15) is 39.5 Å². The Bertz CT molecular complexity index is 423. The Morgan fingerprint density at radius 2 is 2.10 bits per heavy atom. The van der Waals surface area contributed by atoms with Crippen LogP contribution < -0.4 is 4.90 Å². The van der Waals surface area contributed by atoms with Crippen molar-refractivity contribution in [1.82, 2.24) is 0 Å². The highest BCUT2D eigenvalue weighted by Crippen LogP contribution is 2.21. The average Bonchev–Trinajstić information content (AvgIpc) is 2.41. The highest BCUT2D eigenvalue weighted by Gasteiger charge is 2.16. The normalized spacial score (nSPS) is 12.2. The highest BCUT2D eigenvalue weighted by molar-refractivity contribution is 6.30. The van der Waals surface area contributed by atoms with Gasteiger partial charge in [0.2, 0.25) is 0 Å². The molecule has 1 aromatic rings. The van der Waals surface area contributed by atoms with E-state index < -0.39 is 5.97 Å². The van der Waals surface area contributed by atoms with E-state index in [1.165, 1.54) is 19.3 Å². The largest absolute Gasteiger partial charge is 0.481 e. The number of anilines is 1. The Morgan fingerprint density at radius 3 is 2.70 bits per heavy atom. The van der Waals surface area contributed by atoms with Gasteiger partial charge < -0.3 is 10.0 Å². The summed E-state index contributed by atoms with van der Waals surface area (Å²) in [5, 5.41) is 9.77. The molecule has 0 aromatic heterocycles. The van der Waals surface area contributed by atoms with Crippen molar-refractivity contribution in [2.24, 2.45) is 5.92 Å². The van der Waals surface area contributed by atoms with Crippen LogP contribution in [0.2, 0.25) is 5.02 Å². The number of hydrogen-bond donors (Lipinski definition) is 1. The molecule has 3 nitrogen and oxygen atoms in total. The predicted molar refractivity (Wildman–Crippen MR) is 84.6 cm³/mol. The van der Waals surface area contributed by atoms with Gasteiger partial charge in [0.05, 0.1) is 5.92 Å². The second-order valence-corrected chi connectivity index (χ2v) is 5.66. The molecular formula is C16H24ClNO2. The standard InChI is InChI=1S/C16H24ClNO2/c1-3-4-5-6-10-18(12-13(2)16(19)20)15-9-7-8-14(17)11-15/h7-9,11,13H,3-6,10,12H2,1-2H3,(H,19,20). The molecule has 1 aromatic carbocycles. The van der Waals surface area contributed by atoms with Crippen LogP contribution in [0, 0.1) is 5.92 Å². The highest BCUT2D eigenvalue weighted by atomic mass is 35.5. The Morgan fingerprint density at radius 1 is 1.35 bits per heavy atom. The molecule has 0 heterocycles. The van der Waals surface area contributed by atoms with Crippen LogP contribution in [-0.4, -0.2) is 24.2 Å². The first-order valence-corrected chi connectivity index (χ1v) is 7.65. The van der Waals surface area contributed by atoms with Crippen LogP contribution in [0.3, 0.4) is 0 Å². The van der Waals surface area contributed by atoms with Crippen LogP contribution in [0.5, 0.6) is 0 Å². The fourth-order valence-corrected chi connectivity index (χ4v) is 2.32. The zero-order valence-corrected chi connectivity index (χ0v) is 13.1. The summed E-state index contributed by atoms with van der Waals surface area (Å²) in [5.41, 5.74) is 1.00. The molecule has 0 radical (unpaired) electrons. The fourth-order valence-electron chi connectivity index (χ4n) is 2.14. The van der Waals surface area contributed by atoms with Gasteiger partial charge in [-0.1, -0.05) is 50.8 Å². The number of rotatable bonds is 9. The molecule has 0 aliphatic carbocycles. The third-order valence-corrected chi connectivity index (χ3v) is 3.61. The molecule has 1 rings (SSSR count). The van der Waals surface area contributed by atoms with E-state index in [-0.39, 0.29) is 5.92 Å². The smallest absolute Gasteiger partial charge is 0.308 e. The first kappa shape index (κ1) is 16.8. The molecule has 0 saturated carbocycles. The predicted octanol–water partition coefficient (Wildman–Crippen LogP) is 4.45. The van der Waals surface area contributed by atoms with E-state index in [0.29, 0.717) is 11.6 Å². The minimum absolute atomic E-state index is 0.389. The number of benzene rings is 1. The number of hydrogen-bond acceptors (Lipinski definition) is 2. The van der Waals surface area contributed by atoms with E-state index in [9.17, 15) is 4.79 Å². The van der Waals surface area contributed by atoms with Gasteiger partial charge in [-0.2, -0.15) is 0 Å².